The molecule has 1 N–H and O–H groups in total. The minimum Gasteiger partial charge on any atom is -0.327 e. The third kappa shape index (κ3) is 2.56. The minimum absolute atomic E-state index is 0.137. The monoisotopic (exact) mass is 400 g/mol. The lowest BCUT2D eigenvalue weighted by atomic mass is 10.3. The second-order valence-corrected chi connectivity index (χ2v) is 4.90. The predicted octanol–water partition coefficient (Wildman–Crippen LogP) is 3.45. The van der Waals surface area contributed by atoms with E-state index in [4.69, 9.17) is 0 Å². The van der Waals surface area contributed by atoms with Crippen molar-refractivity contribution >= 4 is 65.6 Å². The highest BCUT2D eigenvalue weighted by Crippen LogP contribution is 2.42. The van der Waals surface area contributed by atoms with Gasteiger partial charge in [0, 0.05) is 4.47 Å². The molecule has 80 valence electrons. The van der Waals surface area contributed by atoms with Gasteiger partial charge in [0.25, 0.3) is 5.69 Å². The van der Waals surface area contributed by atoms with E-state index in [1.807, 2.05) is 0 Å². The second kappa shape index (κ2) is 5.04. The molecule has 0 aromatic heterocycles. The molecule has 0 bridgehead atoms. The number of benzene rings is 1. The molecule has 0 spiro atoms. The first-order valence-electron chi connectivity index (χ1n) is 3.51. The number of rotatable bonds is 3. The van der Waals surface area contributed by atoms with Crippen LogP contribution in [0.5, 0.6) is 0 Å². The van der Waals surface area contributed by atoms with Crippen molar-refractivity contribution in [1.82, 2.24) is 0 Å². The Bertz CT molecular complexity index is 436. The van der Waals surface area contributed by atoms with Crippen molar-refractivity contribution < 1.29 is 9.72 Å². The normalized spacial score (nSPS) is 9.80. The molecular formula is C7H3Br3N2O3. The largest absolute Gasteiger partial charge is 0.327 e. The highest BCUT2D eigenvalue weighted by molar-refractivity contribution is 9.11. The second-order valence-electron chi connectivity index (χ2n) is 2.40. The molecule has 0 atom stereocenters. The molecule has 0 fully saturated rings. The first-order valence-corrected chi connectivity index (χ1v) is 5.89. The Balaban J connectivity index is 3.48. The van der Waals surface area contributed by atoms with Crippen LogP contribution in [0, 0.1) is 10.1 Å². The number of nitro benzene ring substituents is 1. The fraction of sp³-hybridized carbons (Fsp3) is 0. The van der Waals surface area contributed by atoms with Crippen molar-refractivity contribution in [3.63, 3.8) is 0 Å². The van der Waals surface area contributed by atoms with Crippen molar-refractivity contribution in [2.24, 2.45) is 0 Å². The van der Waals surface area contributed by atoms with Crippen molar-refractivity contribution in [2.75, 3.05) is 5.32 Å². The molecule has 0 unspecified atom stereocenters. The van der Waals surface area contributed by atoms with E-state index in [0.29, 0.717) is 21.0 Å². The van der Waals surface area contributed by atoms with Crippen molar-refractivity contribution in [3.05, 3.63) is 29.6 Å². The van der Waals surface area contributed by atoms with E-state index in [1.165, 1.54) is 6.07 Å². The molecule has 1 aromatic carbocycles. The Morgan fingerprint density at radius 1 is 1.33 bits per heavy atom. The molecule has 0 saturated carbocycles. The summed E-state index contributed by atoms with van der Waals surface area (Å²) in [6.45, 7) is 0. The summed E-state index contributed by atoms with van der Waals surface area (Å²) in [5, 5.41) is 13.1. The van der Waals surface area contributed by atoms with Crippen LogP contribution in [-0.2, 0) is 4.79 Å². The van der Waals surface area contributed by atoms with Gasteiger partial charge >= 0.3 is 0 Å². The Kier molecular flexibility index (Phi) is 4.23. The van der Waals surface area contributed by atoms with Gasteiger partial charge in [0.1, 0.15) is 4.47 Å². The standard InChI is InChI=1S/C7H3Br3N2O3/c8-3-1-4(9)7(12(14)15)5(10)6(3)11-2-13/h1-2H,(H,11,13). The fourth-order valence-corrected chi connectivity index (χ4v) is 3.58. The van der Waals surface area contributed by atoms with Crippen LogP contribution in [0.2, 0.25) is 0 Å². The van der Waals surface area contributed by atoms with Crippen molar-refractivity contribution in [3.8, 4) is 0 Å². The Hall–Kier alpha value is -0.470. The molecule has 0 heterocycles. The van der Waals surface area contributed by atoms with Crippen LogP contribution < -0.4 is 5.32 Å². The lowest BCUT2D eigenvalue weighted by Gasteiger charge is -2.07. The number of carbonyl (C=O) groups is 1. The van der Waals surface area contributed by atoms with E-state index < -0.39 is 4.92 Å². The van der Waals surface area contributed by atoms with Crippen LogP contribution in [0.3, 0.4) is 0 Å². The summed E-state index contributed by atoms with van der Waals surface area (Å²) in [6.07, 6.45) is 0.447. The lowest BCUT2D eigenvalue weighted by molar-refractivity contribution is -0.386. The third-order valence-electron chi connectivity index (χ3n) is 1.53. The Morgan fingerprint density at radius 2 is 1.93 bits per heavy atom. The number of anilines is 1. The van der Waals surface area contributed by atoms with Gasteiger partial charge in [-0.2, -0.15) is 0 Å². The van der Waals surface area contributed by atoms with Crippen LogP contribution in [0.4, 0.5) is 11.4 Å². The van der Waals surface area contributed by atoms with Gasteiger partial charge in [-0.1, -0.05) is 0 Å². The molecule has 5 nitrogen and oxygen atoms in total. The van der Waals surface area contributed by atoms with E-state index in [1.54, 1.807) is 0 Å². The van der Waals surface area contributed by atoms with Crippen molar-refractivity contribution in [1.29, 1.82) is 0 Å². The Labute approximate surface area is 110 Å². The fourth-order valence-electron chi connectivity index (χ4n) is 0.938. The van der Waals surface area contributed by atoms with Crippen molar-refractivity contribution in [2.45, 2.75) is 0 Å². The molecule has 15 heavy (non-hydrogen) atoms. The highest BCUT2D eigenvalue weighted by Gasteiger charge is 2.22. The maximum atomic E-state index is 10.7. The molecule has 1 aromatic rings. The topological polar surface area (TPSA) is 72.2 Å². The van der Waals surface area contributed by atoms with Gasteiger partial charge in [-0.15, -0.1) is 0 Å². The maximum absolute atomic E-state index is 10.7. The zero-order valence-electron chi connectivity index (χ0n) is 6.96. The van der Waals surface area contributed by atoms with Gasteiger partial charge in [-0.3, -0.25) is 14.9 Å². The quantitative estimate of drug-likeness (QED) is 0.478. The van der Waals surface area contributed by atoms with E-state index in [-0.39, 0.29) is 10.2 Å². The summed E-state index contributed by atoms with van der Waals surface area (Å²) in [5.74, 6) is 0. The van der Waals surface area contributed by atoms with Crippen LogP contribution in [-0.4, -0.2) is 11.3 Å². The highest BCUT2D eigenvalue weighted by atomic mass is 79.9. The molecule has 1 rings (SSSR count). The van der Waals surface area contributed by atoms with Gasteiger partial charge in [0.15, 0.2) is 0 Å². The summed E-state index contributed by atoms with van der Waals surface area (Å²) in [6, 6.07) is 1.49. The van der Waals surface area contributed by atoms with Gasteiger partial charge in [0.05, 0.1) is 15.1 Å². The SMILES string of the molecule is O=CNc1c(Br)cc(Br)c([N+](=O)[O-])c1Br. The van der Waals surface area contributed by atoms with E-state index in [0.717, 1.165) is 0 Å². The summed E-state index contributed by atoms with van der Waals surface area (Å²) in [5.41, 5.74) is 0.183. The van der Waals surface area contributed by atoms with Crippen LogP contribution in [0.1, 0.15) is 0 Å². The third-order valence-corrected chi connectivity index (χ3v) is 3.53. The first-order chi connectivity index (χ1) is 6.99. The number of hydrogen-bond acceptors (Lipinski definition) is 3. The number of carbonyl (C=O) groups excluding carboxylic acids is 1. The first kappa shape index (κ1) is 12.6. The summed E-state index contributed by atoms with van der Waals surface area (Å²) < 4.78 is 1.07. The molecule has 0 aliphatic rings. The zero-order chi connectivity index (χ0) is 11.6. The van der Waals surface area contributed by atoms with Gasteiger partial charge in [-0.05, 0) is 53.9 Å². The summed E-state index contributed by atoms with van der Waals surface area (Å²) in [7, 11) is 0. The number of nitrogens with one attached hydrogen (secondary N) is 1. The van der Waals surface area contributed by atoms with Gasteiger partial charge in [-0.25, -0.2) is 0 Å². The molecule has 1 amide bonds. The molecule has 0 aliphatic carbocycles. The molecule has 8 heteroatoms. The number of amides is 1. The van der Waals surface area contributed by atoms with Gasteiger partial charge < -0.3 is 5.32 Å². The van der Waals surface area contributed by atoms with Gasteiger partial charge in [0.2, 0.25) is 6.41 Å². The number of nitrogens with zero attached hydrogens (tertiary/aromatic N) is 1. The van der Waals surface area contributed by atoms with E-state index in [9.17, 15) is 14.9 Å². The lowest BCUT2D eigenvalue weighted by Crippen LogP contribution is -2.00. The minimum atomic E-state index is -0.545. The average Bonchev–Trinajstić information content (AvgIpc) is 2.11. The number of hydrogen-bond donors (Lipinski definition) is 1. The summed E-state index contributed by atoms with van der Waals surface area (Å²) >= 11 is 9.31. The van der Waals surface area contributed by atoms with Crippen LogP contribution in [0.25, 0.3) is 0 Å². The average molecular weight is 403 g/mol. The van der Waals surface area contributed by atoms with Crippen LogP contribution >= 0.6 is 47.8 Å². The molecule has 0 saturated heterocycles. The molecular weight excluding hydrogens is 400 g/mol. The molecule has 0 aliphatic heterocycles. The van der Waals surface area contributed by atoms with Crippen LogP contribution in [0.15, 0.2) is 19.5 Å². The summed E-state index contributed by atoms with van der Waals surface area (Å²) in [4.78, 5) is 20.5. The number of halogens is 3. The smallest absolute Gasteiger partial charge is 0.299 e. The maximum Gasteiger partial charge on any atom is 0.299 e. The van der Waals surface area contributed by atoms with E-state index in [2.05, 4.69) is 53.1 Å². The molecule has 0 radical (unpaired) electrons. The van der Waals surface area contributed by atoms with E-state index >= 15 is 0 Å². The predicted molar refractivity (Wildman–Crippen MR) is 65.9 cm³/mol. The zero-order valence-corrected chi connectivity index (χ0v) is 11.7. The number of nitro groups is 1. The Morgan fingerprint density at radius 3 is 2.40 bits per heavy atom.